The standard InChI is InChI=1S/C7H8BrNO2/c8-5-1-2-6(9-3-5)7(11)4-10/h1-3,7,10-11H,4H2/t7-/m0/s1. The highest BCUT2D eigenvalue weighted by molar-refractivity contribution is 9.10. The lowest BCUT2D eigenvalue weighted by molar-refractivity contribution is 0.0922. The van der Waals surface area contributed by atoms with Gasteiger partial charge in [-0.3, -0.25) is 4.98 Å². The van der Waals surface area contributed by atoms with E-state index < -0.39 is 6.10 Å². The van der Waals surface area contributed by atoms with E-state index in [9.17, 15) is 0 Å². The third kappa shape index (κ3) is 2.25. The molecule has 0 aliphatic rings. The first-order valence-electron chi connectivity index (χ1n) is 3.14. The molecule has 0 saturated carbocycles. The number of hydrogen-bond donors (Lipinski definition) is 2. The molecule has 2 N–H and O–H groups in total. The molecule has 0 aliphatic carbocycles. The van der Waals surface area contributed by atoms with Gasteiger partial charge in [0.05, 0.1) is 12.3 Å². The van der Waals surface area contributed by atoms with Crippen molar-refractivity contribution < 1.29 is 10.2 Å². The Hall–Kier alpha value is -0.450. The summed E-state index contributed by atoms with van der Waals surface area (Å²) >= 11 is 3.21. The minimum atomic E-state index is -0.872. The van der Waals surface area contributed by atoms with Gasteiger partial charge >= 0.3 is 0 Å². The lowest BCUT2D eigenvalue weighted by Gasteiger charge is -2.04. The van der Waals surface area contributed by atoms with Gasteiger partial charge in [0.15, 0.2) is 0 Å². The predicted octanol–water partition coefficient (Wildman–Crippen LogP) is 0.870. The van der Waals surface area contributed by atoms with Crippen molar-refractivity contribution in [2.45, 2.75) is 6.10 Å². The molecule has 0 radical (unpaired) electrons. The Bertz CT molecular complexity index is 224. The summed E-state index contributed by atoms with van der Waals surface area (Å²) < 4.78 is 0.853. The molecule has 1 heterocycles. The smallest absolute Gasteiger partial charge is 0.119 e. The molecule has 0 amide bonds. The molecule has 0 aromatic carbocycles. The second-order valence-corrected chi connectivity index (χ2v) is 3.02. The van der Waals surface area contributed by atoms with Crippen LogP contribution in [0.2, 0.25) is 0 Å². The van der Waals surface area contributed by atoms with Crippen LogP contribution in [0.1, 0.15) is 11.8 Å². The Morgan fingerprint density at radius 2 is 2.27 bits per heavy atom. The lowest BCUT2D eigenvalue weighted by atomic mass is 10.2. The average Bonchev–Trinajstić information content (AvgIpc) is 2.05. The van der Waals surface area contributed by atoms with Crippen LogP contribution in [0.5, 0.6) is 0 Å². The normalized spacial score (nSPS) is 13.0. The molecule has 0 saturated heterocycles. The van der Waals surface area contributed by atoms with E-state index in [2.05, 4.69) is 20.9 Å². The second kappa shape index (κ2) is 3.80. The zero-order valence-electron chi connectivity index (χ0n) is 5.74. The van der Waals surface area contributed by atoms with Gasteiger partial charge in [-0.25, -0.2) is 0 Å². The molecule has 4 heteroatoms. The minimum Gasteiger partial charge on any atom is -0.393 e. The van der Waals surface area contributed by atoms with Gasteiger partial charge in [-0.15, -0.1) is 0 Å². The number of aliphatic hydroxyl groups excluding tert-OH is 2. The molecule has 0 bridgehead atoms. The molecule has 0 spiro atoms. The van der Waals surface area contributed by atoms with E-state index in [-0.39, 0.29) is 6.61 Å². The van der Waals surface area contributed by atoms with Gasteiger partial charge < -0.3 is 10.2 Å². The van der Waals surface area contributed by atoms with Crippen molar-refractivity contribution in [1.29, 1.82) is 0 Å². The van der Waals surface area contributed by atoms with Crippen molar-refractivity contribution in [3.8, 4) is 0 Å². The van der Waals surface area contributed by atoms with Crippen molar-refractivity contribution in [2.24, 2.45) is 0 Å². The maximum absolute atomic E-state index is 9.09. The first kappa shape index (κ1) is 8.64. The van der Waals surface area contributed by atoms with Crippen molar-refractivity contribution in [3.63, 3.8) is 0 Å². The topological polar surface area (TPSA) is 53.4 Å². The Morgan fingerprint density at radius 3 is 2.73 bits per heavy atom. The number of pyridine rings is 1. The third-order valence-corrected chi connectivity index (χ3v) is 1.73. The van der Waals surface area contributed by atoms with Crippen LogP contribution in [0.4, 0.5) is 0 Å². The molecule has 1 aromatic heterocycles. The monoisotopic (exact) mass is 217 g/mol. The van der Waals surface area contributed by atoms with Gasteiger partial charge in [-0.05, 0) is 28.1 Å². The number of aromatic nitrogens is 1. The summed E-state index contributed by atoms with van der Waals surface area (Å²) in [6.45, 7) is -0.297. The summed E-state index contributed by atoms with van der Waals surface area (Å²) in [6.07, 6.45) is 0.705. The van der Waals surface area contributed by atoms with E-state index in [4.69, 9.17) is 10.2 Å². The Balaban J connectivity index is 2.81. The molecule has 1 atom stereocenters. The number of rotatable bonds is 2. The van der Waals surface area contributed by atoms with Crippen molar-refractivity contribution in [1.82, 2.24) is 4.98 Å². The van der Waals surface area contributed by atoms with Crippen LogP contribution < -0.4 is 0 Å². The zero-order chi connectivity index (χ0) is 8.27. The van der Waals surface area contributed by atoms with E-state index in [0.29, 0.717) is 5.69 Å². The predicted molar refractivity (Wildman–Crippen MR) is 44.0 cm³/mol. The minimum absolute atomic E-state index is 0.297. The third-order valence-electron chi connectivity index (χ3n) is 1.26. The van der Waals surface area contributed by atoms with Crippen LogP contribution in [0, 0.1) is 0 Å². The summed E-state index contributed by atoms with van der Waals surface area (Å²) in [6, 6.07) is 3.42. The number of halogens is 1. The van der Waals surface area contributed by atoms with E-state index in [1.807, 2.05) is 0 Å². The first-order valence-corrected chi connectivity index (χ1v) is 3.93. The van der Waals surface area contributed by atoms with Crippen molar-refractivity contribution in [2.75, 3.05) is 6.61 Å². The van der Waals surface area contributed by atoms with Crippen LogP contribution in [0.3, 0.4) is 0 Å². The van der Waals surface area contributed by atoms with E-state index >= 15 is 0 Å². The van der Waals surface area contributed by atoms with Crippen LogP contribution >= 0.6 is 15.9 Å². The molecule has 0 fully saturated rings. The number of aliphatic hydroxyl groups is 2. The van der Waals surface area contributed by atoms with Crippen LogP contribution in [-0.4, -0.2) is 21.8 Å². The maximum atomic E-state index is 9.09. The molecular formula is C7H8BrNO2. The average molecular weight is 218 g/mol. The molecule has 11 heavy (non-hydrogen) atoms. The summed E-state index contributed by atoms with van der Waals surface area (Å²) in [7, 11) is 0. The zero-order valence-corrected chi connectivity index (χ0v) is 7.32. The lowest BCUT2D eigenvalue weighted by Crippen LogP contribution is -2.04. The number of nitrogens with zero attached hydrogens (tertiary/aromatic N) is 1. The summed E-state index contributed by atoms with van der Waals surface area (Å²) in [5.74, 6) is 0. The highest BCUT2D eigenvalue weighted by atomic mass is 79.9. The summed E-state index contributed by atoms with van der Waals surface area (Å²) in [5.41, 5.74) is 0.482. The van der Waals surface area contributed by atoms with Crippen LogP contribution in [-0.2, 0) is 0 Å². The van der Waals surface area contributed by atoms with Gasteiger partial charge in [-0.2, -0.15) is 0 Å². The Labute approximate surface area is 72.8 Å². The van der Waals surface area contributed by atoms with Gasteiger partial charge in [0.1, 0.15) is 6.10 Å². The van der Waals surface area contributed by atoms with E-state index in [1.54, 1.807) is 18.3 Å². The van der Waals surface area contributed by atoms with Crippen LogP contribution in [0.15, 0.2) is 22.8 Å². The highest BCUT2D eigenvalue weighted by Gasteiger charge is 2.05. The number of hydrogen-bond acceptors (Lipinski definition) is 3. The van der Waals surface area contributed by atoms with Gasteiger partial charge in [0, 0.05) is 10.7 Å². The largest absolute Gasteiger partial charge is 0.393 e. The molecule has 1 rings (SSSR count). The Morgan fingerprint density at radius 1 is 1.55 bits per heavy atom. The summed E-state index contributed by atoms with van der Waals surface area (Å²) in [5, 5.41) is 17.6. The molecular weight excluding hydrogens is 210 g/mol. The van der Waals surface area contributed by atoms with Crippen LogP contribution in [0.25, 0.3) is 0 Å². The molecule has 3 nitrogen and oxygen atoms in total. The van der Waals surface area contributed by atoms with Gasteiger partial charge in [-0.1, -0.05) is 0 Å². The first-order chi connectivity index (χ1) is 5.24. The van der Waals surface area contributed by atoms with Gasteiger partial charge in [0.25, 0.3) is 0 Å². The fourth-order valence-electron chi connectivity index (χ4n) is 0.678. The second-order valence-electron chi connectivity index (χ2n) is 2.10. The molecule has 0 unspecified atom stereocenters. The van der Waals surface area contributed by atoms with E-state index in [0.717, 1.165) is 4.47 Å². The Kier molecular flexibility index (Phi) is 2.99. The highest BCUT2D eigenvalue weighted by Crippen LogP contribution is 2.12. The van der Waals surface area contributed by atoms with Gasteiger partial charge in [0.2, 0.25) is 0 Å². The molecule has 1 aromatic rings. The fraction of sp³-hybridized carbons (Fsp3) is 0.286. The SMILES string of the molecule is OC[C@H](O)c1ccc(Br)cn1. The van der Waals surface area contributed by atoms with Crippen molar-refractivity contribution >= 4 is 15.9 Å². The molecule has 60 valence electrons. The maximum Gasteiger partial charge on any atom is 0.119 e. The fourth-order valence-corrected chi connectivity index (χ4v) is 0.912. The summed E-state index contributed by atoms with van der Waals surface area (Å²) in [4.78, 5) is 3.89. The van der Waals surface area contributed by atoms with E-state index in [1.165, 1.54) is 0 Å². The van der Waals surface area contributed by atoms with Crippen molar-refractivity contribution in [3.05, 3.63) is 28.5 Å². The molecule has 0 aliphatic heterocycles. The quantitative estimate of drug-likeness (QED) is 0.774.